The molecule has 1 amide bonds. The van der Waals surface area contributed by atoms with E-state index in [0.29, 0.717) is 17.2 Å². The molecule has 1 N–H and O–H groups in total. The van der Waals surface area contributed by atoms with Crippen molar-refractivity contribution >= 4 is 17.2 Å². The third-order valence-electron chi connectivity index (χ3n) is 3.88. The summed E-state index contributed by atoms with van der Waals surface area (Å²) in [5.74, 6) is -0.511. The standard InChI is InChI=1S/C20H20FN3OS/c1-24(2)12-17(14-6-4-3-5-7-14)22-19(25)18-13-26-20(23-18)15-8-10-16(21)11-9-15/h3-11,13,17H,12H2,1-2H3,(H,22,25). The number of rotatable bonds is 6. The van der Waals surface area contributed by atoms with Gasteiger partial charge in [0.25, 0.3) is 5.91 Å². The molecular formula is C20H20FN3OS. The summed E-state index contributed by atoms with van der Waals surface area (Å²) in [6, 6.07) is 15.8. The third kappa shape index (κ3) is 4.53. The maximum atomic E-state index is 13.1. The second kappa shape index (κ2) is 8.21. The topological polar surface area (TPSA) is 45.2 Å². The fraction of sp³-hybridized carbons (Fsp3) is 0.200. The fourth-order valence-corrected chi connectivity index (χ4v) is 3.43. The Bertz CT molecular complexity index is 862. The first kappa shape index (κ1) is 18.2. The molecule has 134 valence electrons. The zero-order valence-corrected chi connectivity index (χ0v) is 15.5. The van der Waals surface area contributed by atoms with Crippen molar-refractivity contribution in [1.82, 2.24) is 15.2 Å². The minimum Gasteiger partial charge on any atom is -0.343 e. The van der Waals surface area contributed by atoms with Crippen molar-refractivity contribution in [2.24, 2.45) is 0 Å². The van der Waals surface area contributed by atoms with Crippen LogP contribution >= 0.6 is 11.3 Å². The Labute approximate surface area is 156 Å². The van der Waals surface area contributed by atoms with Gasteiger partial charge in [-0.1, -0.05) is 30.3 Å². The van der Waals surface area contributed by atoms with Gasteiger partial charge in [-0.15, -0.1) is 11.3 Å². The van der Waals surface area contributed by atoms with Crippen LogP contribution in [0.25, 0.3) is 10.6 Å². The predicted octanol–water partition coefficient (Wildman–Crippen LogP) is 3.98. The lowest BCUT2D eigenvalue weighted by atomic mass is 10.1. The van der Waals surface area contributed by atoms with E-state index in [2.05, 4.69) is 10.3 Å². The van der Waals surface area contributed by atoms with Crippen LogP contribution in [-0.2, 0) is 0 Å². The average molecular weight is 369 g/mol. The zero-order chi connectivity index (χ0) is 18.5. The average Bonchev–Trinajstić information content (AvgIpc) is 3.12. The maximum absolute atomic E-state index is 13.1. The van der Waals surface area contributed by atoms with Crippen LogP contribution < -0.4 is 5.32 Å². The van der Waals surface area contributed by atoms with Gasteiger partial charge in [0.05, 0.1) is 6.04 Å². The van der Waals surface area contributed by atoms with Gasteiger partial charge in [0.2, 0.25) is 0 Å². The number of carbonyl (C=O) groups excluding carboxylic acids is 1. The summed E-state index contributed by atoms with van der Waals surface area (Å²) in [6.45, 7) is 0.685. The Kier molecular flexibility index (Phi) is 5.75. The maximum Gasteiger partial charge on any atom is 0.271 e. The van der Waals surface area contributed by atoms with Gasteiger partial charge in [-0.2, -0.15) is 0 Å². The monoisotopic (exact) mass is 369 g/mol. The molecular weight excluding hydrogens is 349 g/mol. The molecule has 6 heteroatoms. The largest absolute Gasteiger partial charge is 0.343 e. The Balaban J connectivity index is 1.76. The summed E-state index contributed by atoms with van der Waals surface area (Å²) >= 11 is 1.37. The lowest BCUT2D eigenvalue weighted by molar-refractivity contribution is 0.0925. The quantitative estimate of drug-likeness (QED) is 0.715. The van der Waals surface area contributed by atoms with Gasteiger partial charge in [-0.25, -0.2) is 9.37 Å². The summed E-state index contributed by atoms with van der Waals surface area (Å²) in [5.41, 5.74) is 2.21. The molecule has 0 saturated heterocycles. The third-order valence-corrected chi connectivity index (χ3v) is 4.77. The number of thiazole rings is 1. The Morgan fingerprint density at radius 2 is 1.85 bits per heavy atom. The number of halogens is 1. The summed E-state index contributed by atoms with van der Waals surface area (Å²) in [5, 5.41) is 5.48. The van der Waals surface area contributed by atoms with Gasteiger partial charge < -0.3 is 10.2 Å². The molecule has 4 nitrogen and oxygen atoms in total. The SMILES string of the molecule is CN(C)CC(NC(=O)c1csc(-c2ccc(F)cc2)n1)c1ccccc1. The van der Waals surface area contributed by atoms with Crippen LogP contribution in [0.5, 0.6) is 0 Å². The Morgan fingerprint density at radius 3 is 2.50 bits per heavy atom. The van der Waals surface area contributed by atoms with E-state index in [1.165, 1.54) is 23.5 Å². The molecule has 1 aromatic heterocycles. The summed E-state index contributed by atoms with van der Waals surface area (Å²) < 4.78 is 13.1. The lowest BCUT2D eigenvalue weighted by Gasteiger charge is -2.22. The first-order valence-electron chi connectivity index (χ1n) is 8.25. The van der Waals surface area contributed by atoms with Gasteiger partial charge in [-0.3, -0.25) is 4.79 Å². The van der Waals surface area contributed by atoms with E-state index in [-0.39, 0.29) is 17.8 Å². The Morgan fingerprint density at radius 1 is 1.15 bits per heavy atom. The number of amides is 1. The van der Waals surface area contributed by atoms with E-state index >= 15 is 0 Å². The smallest absolute Gasteiger partial charge is 0.271 e. The summed E-state index contributed by atoms with van der Waals surface area (Å²) in [7, 11) is 3.94. The van der Waals surface area contributed by atoms with Crippen LogP contribution in [0.4, 0.5) is 4.39 Å². The van der Waals surface area contributed by atoms with Crippen molar-refractivity contribution in [3.8, 4) is 10.6 Å². The van der Waals surface area contributed by atoms with Crippen molar-refractivity contribution in [2.75, 3.05) is 20.6 Å². The molecule has 3 rings (SSSR count). The minimum atomic E-state index is -0.294. The molecule has 1 heterocycles. The van der Waals surface area contributed by atoms with Crippen molar-refractivity contribution in [1.29, 1.82) is 0 Å². The van der Waals surface area contributed by atoms with Crippen LogP contribution in [0, 0.1) is 5.82 Å². The molecule has 26 heavy (non-hydrogen) atoms. The molecule has 0 spiro atoms. The molecule has 0 aliphatic carbocycles. The van der Waals surface area contributed by atoms with Crippen LogP contribution in [-0.4, -0.2) is 36.4 Å². The van der Waals surface area contributed by atoms with E-state index in [9.17, 15) is 9.18 Å². The highest BCUT2D eigenvalue weighted by Crippen LogP contribution is 2.24. The lowest BCUT2D eigenvalue weighted by Crippen LogP contribution is -2.35. The van der Waals surface area contributed by atoms with Crippen molar-refractivity contribution in [3.05, 3.63) is 77.1 Å². The number of nitrogens with one attached hydrogen (secondary N) is 1. The molecule has 0 aliphatic rings. The first-order valence-corrected chi connectivity index (χ1v) is 9.13. The highest BCUT2D eigenvalue weighted by atomic mass is 32.1. The molecule has 0 radical (unpaired) electrons. The molecule has 0 fully saturated rings. The zero-order valence-electron chi connectivity index (χ0n) is 14.6. The number of benzene rings is 2. The first-order chi connectivity index (χ1) is 12.5. The van der Waals surface area contributed by atoms with Crippen LogP contribution in [0.15, 0.2) is 60.0 Å². The molecule has 2 aromatic carbocycles. The van der Waals surface area contributed by atoms with E-state index < -0.39 is 0 Å². The number of hydrogen-bond acceptors (Lipinski definition) is 4. The van der Waals surface area contributed by atoms with Crippen molar-refractivity contribution < 1.29 is 9.18 Å². The predicted molar refractivity (Wildman–Crippen MR) is 103 cm³/mol. The highest BCUT2D eigenvalue weighted by Gasteiger charge is 2.18. The summed E-state index contributed by atoms with van der Waals surface area (Å²) in [4.78, 5) is 19.1. The van der Waals surface area contributed by atoms with Crippen molar-refractivity contribution in [2.45, 2.75) is 6.04 Å². The molecule has 0 bridgehead atoms. The fourth-order valence-electron chi connectivity index (χ4n) is 2.62. The molecule has 0 saturated carbocycles. The second-order valence-corrected chi connectivity index (χ2v) is 7.10. The molecule has 1 unspecified atom stereocenters. The minimum absolute atomic E-state index is 0.130. The second-order valence-electron chi connectivity index (χ2n) is 6.24. The van der Waals surface area contributed by atoms with Gasteiger partial charge in [0, 0.05) is 17.5 Å². The number of aromatic nitrogens is 1. The number of carbonyl (C=O) groups is 1. The van der Waals surface area contributed by atoms with E-state index in [4.69, 9.17) is 0 Å². The van der Waals surface area contributed by atoms with Crippen molar-refractivity contribution in [3.63, 3.8) is 0 Å². The number of likely N-dealkylation sites (N-methyl/N-ethyl adjacent to an activating group) is 1. The van der Waals surface area contributed by atoms with Crippen LogP contribution in [0.1, 0.15) is 22.1 Å². The van der Waals surface area contributed by atoms with E-state index in [1.807, 2.05) is 49.3 Å². The summed E-state index contributed by atoms with van der Waals surface area (Å²) in [6.07, 6.45) is 0. The number of hydrogen-bond donors (Lipinski definition) is 1. The highest BCUT2D eigenvalue weighted by molar-refractivity contribution is 7.13. The van der Waals surface area contributed by atoms with Gasteiger partial charge in [-0.05, 0) is 43.9 Å². The number of nitrogens with zero attached hydrogens (tertiary/aromatic N) is 2. The normalized spacial score (nSPS) is 12.2. The van der Waals surface area contributed by atoms with Crippen LogP contribution in [0.2, 0.25) is 0 Å². The van der Waals surface area contributed by atoms with Gasteiger partial charge >= 0.3 is 0 Å². The molecule has 1 atom stereocenters. The van der Waals surface area contributed by atoms with E-state index in [0.717, 1.165) is 11.1 Å². The molecule has 3 aromatic rings. The van der Waals surface area contributed by atoms with Gasteiger partial charge in [0.15, 0.2) is 0 Å². The Hall–Kier alpha value is -2.57. The van der Waals surface area contributed by atoms with Gasteiger partial charge in [0.1, 0.15) is 16.5 Å². The van der Waals surface area contributed by atoms with Crippen LogP contribution in [0.3, 0.4) is 0 Å². The van der Waals surface area contributed by atoms with E-state index in [1.54, 1.807) is 17.5 Å². The molecule has 0 aliphatic heterocycles.